The van der Waals surface area contributed by atoms with Gasteiger partial charge >= 0.3 is 5.97 Å². The number of allylic oxidation sites excluding steroid dienone is 1. The predicted molar refractivity (Wildman–Crippen MR) is 97.6 cm³/mol. The van der Waals surface area contributed by atoms with Crippen molar-refractivity contribution >= 4 is 5.97 Å². The number of hydrogen-bond acceptors (Lipinski definition) is 3. The minimum Gasteiger partial charge on any atom is -0.466 e. The van der Waals surface area contributed by atoms with Crippen molar-refractivity contribution in [3.8, 4) is 0 Å². The molecule has 4 atom stereocenters. The molecular formula is C21H36O3. The molecule has 0 aromatic carbocycles. The summed E-state index contributed by atoms with van der Waals surface area (Å²) in [4.78, 5) is 11.4. The molecule has 0 aromatic rings. The Hall–Kier alpha value is -0.830. The molecule has 2 aliphatic rings. The number of fused-ring (bicyclic) bond motifs is 1. The van der Waals surface area contributed by atoms with Crippen LogP contribution in [0, 0.1) is 22.7 Å². The summed E-state index contributed by atoms with van der Waals surface area (Å²) in [7, 11) is 1.41. The number of esters is 1. The molecule has 2 aliphatic carbocycles. The fourth-order valence-corrected chi connectivity index (χ4v) is 5.97. The average molecular weight is 337 g/mol. The van der Waals surface area contributed by atoms with Crippen LogP contribution >= 0.6 is 0 Å². The summed E-state index contributed by atoms with van der Waals surface area (Å²) in [6.07, 6.45) is 9.15. The minimum absolute atomic E-state index is 0.190. The topological polar surface area (TPSA) is 46.5 Å². The van der Waals surface area contributed by atoms with Crippen molar-refractivity contribution in [3.63, 3.8) is 0 Å². The SMILES string of the molecule is COC(=O)/C=C(\C)CC[C@H]1[C@]2(C)CCCC(C)(C)[C@@H]2CC[C@@]1(C)O. The van der Waals surface area contributed by atoms with E-state index in [0.717, 1.165) is 31.3 Å². The van der Waals surface area contributed by atoms with Crippen LogP contribution in [0.1, 0.15) is 79.6 Å². The van der Waals surface area contributed by atoms with Crippen LogP contribution in [0.3, 0.4) is 0 Å². The van der Waals surface area contributed by atoms with Crippen LogP contribution in [0.5, 0.6) is 0 Å². The average Bonchev–Trinajstić information content (AvgIpc) is 2.44. The number of hydrogen-bond donors (Lipinski definition) is 1. The molecule has 0 aromatic heterocycles. The first-order chi connectivity index (χ1) is 11.0. The van der Waals surface area contributed by atoms with Gasteiger partial charge in [-0.05, 0) is 75.0 Å². The van der Waals surface area contributed by atoms with Crippen LogP contribution in [0.2, 0.25) is 0 Å². The lowest BCUT2D eigenvalue weighted by molar-refractivity contribution is -0.168. The Labute approximate surface area is 147 Å². The summed E-state index contributed by atoms with van der Waals surface area (Å²) in [6.45, 7) is 11.2. The van der Waals surface area contributed by atoms with Crippen molar-refractivity contribution in [1.29, 1.82) is 0 Å². The van der Waals surface area contributed by atoms with Gasteiger partial charge in [-0.15, -0.1) is 0 Å². The highest BCUT2D eigenvalue weighted by molar-refractivity contribution is 5.82. The molecule has 0 amide bonds. The lowest BCUT2D eigenvalue weighted by Gasteiger charge is -2.61. The molecule has 0 spiro atoms. The van der Waals surface area contributed by atoms with Gasteiger partial charge in [0.15, 0.2) is 0 Å². The Morgan fingerprint density at radius 1 is 1.21 bits per heavy atom. The maximum Gasteiger partial charge on any atom is 0.330 e. The summed E-state index contributed by atoms with van der Waals surface area (Å²) in [5, 5.41) is 11.1. The number of carbonyl (C=O) groups excluding carboxylic acids is 1. The zero-order chi connectivity index (χ0) is 18.2. The van der Waals surface area contributed by atoms with E-state index in [1.165, 1.54) is 26.4 Å². The third-order valence-electron chi connectivity index (χ3n) is 7.15. The van der Waals surface area contributed by atoms with Gasteiger partial charge in [0, 0.05) is 6.08 Å². The normalized spacial score (nSPS) is 39.2. The van der Waals surface area contributed by atoms with E-state index in [9.17, 15) is 9.90 Å². The van der Waals surface area contributed by atoms with Crippen molar-refractivity contribution in [1.82, 2.24) is 0 Å². The highest BCUT2D eigenvalue weighted by Crippen LogP contribution is 2.62. The first-order valence-electron chi connectivity index (χ1n) is 9.50. The van der Waals surface area contributed by atoms with E-state index in [-0.39, 0.29) is 17.3 Å². The molecule has 1 N–H and O–H groups in total. The molecule has 0 aliphatic heterocycles. The van der Waals surface area contributed by atoms with E-state index in [1.807, 2.05) is 13.8 Å². The van der Waals surface area contributed by atoms with Gasteiger partial charge in [-0.1, -0.05) is 32.8 Å². The van der Waals surface area contributed by atoms with E-state index < -0.39 is 5.60 Å². The van der Waals surface area contributed by atoms with Crippen LogP contribution in [0.4, 0.5) is 0 Å². The molecule has 2 rings (SSSR count). The molecule has 138 valence electrons. The zero-order valence-corrected chi connectivity index (χ0v) is 16.4. The largest absolute Gasteiger partial charge is 0.466 e. The molecule has 2 saturated carbocycles. The van der Waals surface area contributed by atoms with Gasteiger partial charge in [0.05, 0.1) is 12.7 Å². The number of ether oxygens (including phenoxy) is 1. The first-order valence-corrected chi connectivity index (χ1v) is 9.50. The Bertz CT molecular complexity index is 503. The van der Waals surface area contributed by atoms with Crippen LogP contribution in [0.15, 0.2) is 11.6 Å². The van der Waals surface area contributed by atoms with Gasteiger partial charge in [-0.25, -0.2) is 4.79 Å². The maximum absolute atomic E-state index is 11.4. The summed E-state index contributed by atoms with van der Waals surface area (Å²) in [6, 6.07) is 0. The van der Waals surface area contributed by atoms with Gasteiger partial charge in [-0.3, -0.25) is 0 Å². The van der Waals surface area contributed by atoms with Crippen molar-refractivity contribution < 1.29 is 14.6 Å². The number of methoxy groups -OCH3 is 1. The van der Waals surface area contributed by atoms with Gasteiger partial charge in [0.2, 0.25) is 0 Å². The van der Waals surface area contributed by atoms with Crippen molar-refractivity contribution in [2.45, 2.75) is 85.2 Å². The van der Waals surface area contributed by atoms with Crippen molar-refractivity contribution in [2.75, 3.05) is 7.11 Å². The van der Waals surface area contributed by atoms with Gasteiger partial charge in [0.25, 0.3) is 0 Å². The van der Waals surface area contributed by atoms with Crippen LogP contribution in [-0.2, 0) is 9.53 Å². The molecule has 24 heavy (non-hydrogen) atoms. The Morgan fingerprint density at radius 2 is 1.88 bits per heavy atom. The highest BCUT2D eigenvalue weighted by atomic mass is 16.5. The van der Waals surface area contributed by atoms with Crippen LogP contribution in [0.25, 0.3) is 0 Å². The van der Waals surface area contributed by atoms with E-state index in [4.69, 9.17) is 4.74 Å². The van der Waals surface area contributed by atoms with Crippen molar-refractivity contribution in [2.24, 2.45) is 22.7 Å². The zero-order valence-electron chi connectivity index (χ0n) is 16.4. The Kier molecular flexibility index (Phi) is 5.54. The van der Waals surface area contributed by atoms with E-state index >= 15 is 0 Å². The standard InChI is InChI=1S/C21H36O3/c1-15(14-18(22)24-6)8-9-17-20(4)12-7-11-19(2,3)16(20)10-13-21(17,5)23/h14,16-17,23H,7-13H2,1-6H3/b15-14+/t16-,17-,20+,21+/m0/s1. The fourth-order valence-electron chi connectivity index (χ4n) is 5.97. The fraction of sp³-hybridized carbons (Fsp3) is 0.857. The molecule has 3 heteroatoms. The second kappa shape index (κ2) is 6.82. The lowest BCUT2D eigenvalue weighted by Crippen LogP contribution is -2.57. The van der Waals surface area contributed by atoms with Gasteiger partial charge in [0.1, 0.15) is 0 Å². The monoisotopic (exact) mass is 336 g/mol. The molecule has 0 heterocycles. The second-order valence-corrected chi connectivity index (χ2v) is 9.40. The molecule has 0 radical (unpaired) electrons. The molecule has 2 fully saturated rings. The number of carbonyl (C=O) groups is 1. The quantitative estimate of drug-likeness (QED) is 0.588. The molecule has 3 nitrogen and oxygen atoms in total. The second-order valence-electron chi connectivity index (χ2n) is 9.40. The minimum atomic E-state index is -0.607. The smallest absolute Gasteiger partial charge is 0.330 e. The first kappa shape index (κ1) is 19.5. The van der Waals surface area contributed by atoms with E-state index in [2.05, 4.69) is 20.8 Å². The summed E-state index contributed by atoms with van der Waals surface area (Å²) in [5.41, 5.74) is 0.983. The predicted octanol–water partition coefficient (Wildman–Crippen LogP) is 4.88. The van der Waals surface area contributed by atoms with Gasteiger partial charge in [-0.2, -0.15) is 0 Å². The van der Waals surface area contributed by atoms with Crippen LogP contribution in [-0.4, -0.2) is 23.8 Å². The third kappa shape index (κ3) is 3.71. The van der Waals surface area contributed by atoms with E-state index in [1.54, 1.807) is 6.08 Å². The highest BCUT2D eigenvalue weighted by Gasteiger charge is 2.57. The molecule has 0 unspecified atom stereocenters. The maximum atomic E-state index is 11.4. The molecule has 0 saturated heterocycles. The Morgan fingerprint density at radius 3 is 2.50 bits per heavy atom. The lowest BCUT2D eigenvalue weighted by atomic mass is 9.45. The van der Waals surface area contributed by atoms with Crippen LogP contribution < -0.4 is 0 Å². The summed E-state index contributed by atoms with van der Waals surface area (Å²) >= 11 is 0. The Balaban J connectivity index is 2.21. The summed E-state index contributed by atoms with van der Waals surface area (Å²) < 4.78 is 4.72. The number of rotatable bonds is 4. The third-order valence-corrected chi connectivity index (χ3v) is 7.15. The molecular weight excluding hydrogens is 300 g/mol. The van der Waals surface area contributed by atoms with E-state index in [0.29, 0.717) is 11.3 Å². The van der Waals surface area contributed by atoms with Crippen molar-refractivity contribution in [3.05, 3.63) is 11.6 Å². The number of aliphatic hydroxyl groups is 1. The summed E-state index contributed by atoms with van der Waals surface area (Å²) in [5.74, 6) is 0.670. The van der Waals surface area contributed by atoms with Gasteiger partial charge < -0.3 is 9.84 Å². The molecule has 0 bridgehead atoms.